The van der Waals surface area contributed by atoms with Gasteiger partial charge >= 0.3 is 0 Å². The Morgan fingerprint density at radius 3 is 2.63 bits per heavy atom. The summed E-state index contributed by atoms with van der Waals surface area (Å²) in [6.45, 7) is 2.21. The highest BCUT2D eigenvalue weighted by Crippen LogP contribution is 2.26. The monoisotopic (exact) mass is 429 g/mol. The maximum Gasteiger partial charge on any atom is 0.226 e. The van der Waals surface area contributed by atoms with Crippen molar-refractivity contribution < 1.29 is 23.5 Å². The fraction of sp³-hybridized carbons (Fsp3) is 0.286. The van der Waals surface area contributed by atoms with Gasteiger partial charge in [-0.1, -0.05) is 0 Å². The number of carbonyl (C=O) groups is 2. The van der Waals surface area contributed by atoms with E-state index in [0.717, 1.165) is 11.5 Å². The number of aromatic nitrogens is 1. The van der Waals surface area contributed by atoms with Crippen LogP contribution in [-0.4, -0.2) is 30.5 Å². The Bertz CT molecular complexity index is 981. The van der Waals surface area contributed by atoms with Gasteiger partial charge in [0.15, 0.2) is 10.9 Å². The molecule has 0 saturated heterocycles. The van der Waals surface area contributed by atoms with Crippen LogP contribution in [-0.2, 0) is 16.1 Å². The van der Waals surface area contributed by atoms with Crippen molar-refractivity contribution in [2.45, 2.75) is 26.3 Å². The molecule has 0 radical (unpaired) electrons. The Morgan fingerprint density at radius 2 is 1.90 bits per heavy atom. The van der Waals surface area contributed by atoms with Gasteiger partial charge in [-0.15, -0.1) is 11.3 Å². The van der Waals surface area contributed by atoms with Crippen molar-refractivity contribution in [2.24, 2.45) is 0 Å². The molecule has 8 nitrogen and oxygen atoms in total. The smallest absolute Gasteiger partial charge is 0.226 e. The Kier molecular flexibility index (Phi) is 7.45. The molecule has 0 fully saturated rings. The third-order valence-corrected chi connectivity index (χ3v) is 4.81. The highest BCUT2D eigenvalue weighted by atomic mass is 32.1. The second-order valence-electron chi connectivity index (χ2n) is 6.39. The van der Waals surface area contributed by atoms with E-state index in [0.29, 0.717) is 48.3 Å². The van der Waals surface area contributed by atoms with Crippen LogP contribution in [0.5, 0.6) is 11.5 Å². The molecule has 2 N–H and O–H groups in total. The lowest BCUT2D eigenvalue weighted by molar-refractivity contribution is -0.119. The van der Waals surface area contributed by atoms with Gasteiger partial charge in [0.25, 0.3) is 0 Å². The van der Waals surface area contributed by atoms with Crippen LogP contribution in [0.2, 0.25) is 0 Å². The van der Waals surface area contributed by atoms with Crippen molar-refractivity contribution in [2.75, 3.05) is 19.0 Å². The van der Waals surface area contributed by atoms with Crippen LogP contribution in [0, 0.1) is 0 Å². The van der Waals surface area contributed by atoms with Crippen LogP contribution in [0.25, 0.3) is 11.5 Å². The first-order chi connectivity index (χ1) is 14.5. The average Bonchev–Trinajstić information content (AvgIpc) is 3.39. The van der Waals surface area contributed by atoms with Gasteiger partial charge in [-0.3, -0.25) is 9.59 Å². The molecule has 0 saturated carbocycles. The molecule has 0 spiro atoms. The molecule has 0 aliphatic carbocycles. The van der Waals surface area contributed by atoms with E-state index in [-0.39, 0.29) is 11.8 Å². The van der Waals surface area contributed by atoms with Crippen LogP contribution in [0.3, 0.4) is 0 Å². The van der Waals surface area contributed by atoms with Gasteiger partial charge < -0.3 is 24.5 Å². The average molecular weight is 429 g/mol. The van der Waals surface area contributed by atoms with Crippen LogP contribution in [0.15, 0.2) is 46.2 Å². The van der Waals surface area contributed by atoms with Crippen molar-refractivity contribution in [1.29, 1.82) is 0 Å². The minimum absolute atomic E-state index is 0.124. The largest absolute Gasteiger partial charge is 0.497 e. The maximum atomic E-state index is 12.1. The molecule has 158 valence electrons. The quantitative estimate of drug-likeness (QED) is 0.475. The predicted octanol–water partition coefficient (Wildman–Crippen LogP) is 3.85. The number of amides is 2. The van der Waals surface area contributed by atoms with E-state index in [9.17, 15) is 9.59 Å². The standard InChI is InChI=1S/C21H23N3O5S/c1-14(25)22-12-17-9-10-19(29-17)18-13-30-21(23-18)24-20(26)4-3-11-28-16-7-5-15(27-2)6-8-16/h5-10,13H,3-4,11-12H2,1-2H3,(H,22,25)(H,23,24,26). The first kappa shape index (κ1) is 21.4. The minimum atomic E-state index is -0.125. The molecule has 3 aromatic rings. The van der Waals surface area contributed by atoms with Gasteiger partial charge in [0.1, 0.15) is 23.0 Å². The lowest BCUT2D eigenvalue weighted by Crippen LogP contribution is -2.18. The van der Waals surface area contributed by atoms with Crippen LogP contribution >= 0.6 is 11.3 Å². The number of methoxy groups -OCH3 is 1. The fourth-order valence-corrected chi connectivity index (χ4v) is 3.26. The zero-order chi connectivity index (χ0) is 21.3. The van der Waals surface area contributed by atoms with Crippen LogP contribution in [0.1, 0.15) is 25.5 Å². The van der Waals surface area contributed by atoms with Crippen molar-refractivity contribution >= 4 is 28.3 Å². The molecule has 3 rings (SSSR count). The van der Waals surface area contributed by atoms with Gasteiger partial charge in [0, 0.05) is 18.7 Å². The van der Waals surface area contributed by atoms with Gasteiger partial charge in [0.05, 0.1) is 20.3 Å². The summed E-state index contributed by atoms with van der Waals surface area (Å²) in [7, 11) is 1.61. The number of benzene rings is 1. The third-order valence-electron chi connectivity index (χ3n) is 4.05. The molecule has 1 aromatic carbocycles. The van der Waals surface area contributed by atoms with Crippen LogP contribution in [0.4, 0.5) is 5.13 Å². The normalized spacial score (nSPS) is 10.5. The molecule has 2 heterocycles. The molecule has 0 unspecified atom stereocenters. The number of nitrogens with zero attached hydrogens (tertiary/aromatic N) is 1. The van der Waals surface area contributed by atoms with Crippen molar-refractivity contribution in [3.63, 3.8) is 0 Å². The van der Waals surface area contributed by atoms with E-state index in [4.69, 9.17) is 13.9 Å². The predicted molar refractivity (Wildman–Crippen MR) is 114 cm³/mol. The Labute approximate surface area is 178 Å². The number of hydrogen-bond acceptors (Lipinski definition) is 7. The number of carbonyl (C=O) groups excluding carboxylic acids is 2. The number of furan rings is 1. The molecule has 2 amide bonds. The Balaban J connectivity index is 1.41. The Hall–Kier alpha value is -3.33. The van der Waals surface area contributed by atoms with E-state index in [1.807, 2.05) is 29.6 Å². The summed E-state index contributed by atoms with van der Waals surface area (Å²) in [5, 5.41) is 7.78. The zero-order valence-corrected chi connectivity index (χ0v) is 17.6. The highest BCUT2D eigenvalue weighted by molar-refractivity contribution is 7.14. The summed E-state index contributed by atoms with van der Waals surface area (Å²) in [4.78, 5) is 27.5. The van der Waals surface area contributed by atoms with Gasteiger partial charge in [-0.2, -0.15) is 0 Å². The first-order valence-corrected chi connectivity index (χ1v) is 10.3. The van der Waals surface area contributed by atoms with Crippen molar-refractivity contribution in [3.05, 3.63) is 47.5 Å². The molecule has 0 bridgehead atoms. The first-order valence-electron chi connectivity index (χ1n) is 9.39. The van der Waals surface area contributed by atoms with E-state index >= 15 is 0 Å². The summed E-state index contributed by atoms with van der Waals surface area (Å²) in [6, 6.07) is 10.9. The highest BCUT2D eigenvalue weighted by Gasteiger charge is 2.11. The summed E-state index contributed by atoms with van der Waals surface area (Å²) >= 11 is 1.32. The zero-order valence-electron chi connectivity index (χ0n) is 16.8. The lowest BCUT2D eigenvalue weighted by Gasteiger charge is -2.07. The fourth-order valence-electron chi connectivity index (χ4n) is 2.54. The summed E-state index contributed by atoms with van der Waals surface area (Å²) in [6.07, 6.45) is 0.910. The molecule has 0 aliphatic rings. The molecule has 2 aromatic heterocycles. The number of hydrogen-bond donors (Lipinski definition) is 2. The number of rotatable bonds is 10. The molecular weight excluding hydrogens is 406 g/mol. The topological polar surface area (TPSA) is 103 Å². The Morgan fingerprint density at radius 1 is 1.13 bits per heavy atom. The summed E-state index contributed by atoms with van der Waals surface area (Å²) in [5.41, 5.74) is 0.632. The van der Waals surface area contributed by atoms with Crippen molar-refractivity contribution in [1.82, 2.24) is 10.3 Å². The third kappa shape index (κ3) is 6.35. The maximum absolute atomic E-state index is 12.1. The number of thiazole rings is 1. The number of ether oxygens (including phenoxy) is 2. The molecule has 0 aliphatic heterocycles. The molecule has 30 heavy (non-hydrogen) atoms. The second kappa shape index (κ2) is 10.4. The molecule has 0 atom stereocenters. The molecule has 9 heteroatoms. The van der Waals surface area contributed by atoms with Gasteiger partial charge in [-0.25, -0.2) is 4.98 Å². The van der Waals surface area contributed by atoms with Crippen molar-refractivity contribution in [3.8, 4) is 23.0 Å². The van der Waals surface area contributed by atoms with Gasteiger partial charge in [-0.05, 0) is 42.8 Å². The van der Waals surface area contributed by atoms with E-state index in [1.165, 1.54) is 18.3 Å². The molecular formula is C21H23N3O5S. The lowest BCUT2D eigenvalue weighted by atomic mass is 10.3. The second-order valence-corrected chi connectivity index (χ2v) is 7.25. The summed E-state index contributed by atoms with van der Waals surface area (Å²) < 4.78 is 16.4. The minimum Gasteiger partial charge on any atom is -0.497 e. The van der Waals surface area contributed by atoms with E-state index in [1.54, 1.807) is 19.2 Å². The van der Waals surface area contributed by atoms with E-state index in [2.05, 4.69) is 15.6 Å². The van der Waals surface area contributed by atoms with E-state index < -0.39 is 0 Å². The van der Waals surface area contributed by atoms with Gasteiger partial charge in [0.2, 0.25) is 11.8 Å². The number of nitrogens with one attached hydrogen (secondary N) is 2. The summed E-state index contributed by atoms with van der Waals surface area (Å²) in [5.74, 6) is 2.47. The van der Waals surface area contributed by atoms with Crippen LogP contribution < -0.4 is 20.1 Å². The number of anilines is 1. The SMILES string of the molecule is COc1ccc(OCCCC(=O)Nc2nc(-c3ccc(CNC(C)=O)o3)cs2)cc1.